The fourth-order valence-electron chi connectivity index (χ4n) is 4.45. The molecule has 0 bridgehead atoms. The normalized spacial score (nSPS) is 21.0. The van der Waals surface area contributed by atoms with Crippen LogP contribution in [0.25, 0.3) is 10.9 Å². The van der Waals surface area contributed by atoms with E-state index in [9.17, 15) is 4.79 Å². The summed E-state index contributed by atoms with van der Waals surface area (Å²) in [7, 11) is 0. The van der Waals surface area contributed by atoms with Crippen LogP contribution in [0.2, 0.25) is 0 Å². The molecule has 4 nitrogen and oxygen atoms in total. The second-order valence-corrected chi connectivity index (χ2v) is 8.58. The summed E-state index contributed by atoms with van der Waals surface area (Å²) in [4.78, 5) is 13.2. The molecule has 2 heterocycles. The maximum absolute atomic E-state index is 13.2. The lowest BCUT2D eigenvalue weighted by Crippen LogP contribution is -2.36. The maximum Gasteiger partial charge on any atom is 0.163 e. The highest BCUT2D eigenvalue weighted by atomic mass is 16.1. The molecule has 0 fully saturated rings. The summed E-state index contributed by atoms with van der Waals surface area (Å²) in [6, 6.07) is 16.5. The molecular formula is C23H23N3O. The Bertz CT molecular complexity index is 1100. The molecule has 4 heteroatoms. The molecule has 136 valence electrons. The van der Waals surface area contributed by atoms with Gasteiger partial charge in [-0.15, -0.1) is 0 Å². The SMILES string of the molecule is Cc1ccc(C2C3=C(CC(C)(C)CC3=O)Nc3c4ccccc4nn32)cc1. The molecule has 0 spiro atoms. The Balaban J connectivity index is 1.78. The molecule has 5 rings (SSSR count). The molecule has 1 unspecified atom stereocenters. The zero-order valence-electron chi connectivity index (χ0n) is 15.9. The van der Waals surface area contributed by atoms with Crippen molar-refractivity contribution in [3.05, 3.63) is 70.9 Å². The fraction of sp³-hybridized carbons (Fsp3) is 0.304. The highest BCUT2D eigenvalue weighted by Gasteiger charge is 2.41. The van der Waals surface area contributed by atoms with E-state index in [4.69, 9.17) is 5.10 Å². The number of anilines is 1. The molecule has 1 atom stereocenters. The molecule has 0 radical (unpaired) electrons. The van der Waals surface area contributed by atoms with Gasteiger partial charge in [0.15, 0.2) is 5.78 Å². The van der Waals surface area contributed by atoms with Gasteiger partial charge in [0, 0.05) is 23.1 Å². The number of rotatable bonds is 1. The number of allylic oxidation sites excluding steroid dienone is 2. The Hall–Kier alpha value is -2.88. The Morgan fingerprint density at radius 3 is 2.59 bits per heavy atom. The van der Waals surface area contributed by atoms with E-state index >= 15 is 0 Å². The van der Waals surface area contributed by atoms with Gasteiger partial charge < -0.3 is 5.32 Å². The van der Waals surface area contributed by atoms with Gasteiger partial charge in [0.2, 0.25) is 0 Å². The molecule has 0 saturated carbocycles. The highest BCUT2D eigenvalue weighted by Crippen LogP contribution is 2.47. The summed E-state index contributed by atoms with van der Waals surface area (Å²) >= 11 is 0. The van der Waals surface area contributed by atoms with E-state index in [1.165, 1.54) is 5.56 Å². The highest BCUT2D eigenvalue weighted by molar-refractivity contribution is 6.02. The first-order valence-electron chi connectivity index (χ1n) is 9.50. The molecule has 1 aliphatic carbocycles. The van der Waals surface area contributed by atoms with Crippen LogP contribution < -0.4 is 5.32 Å². The lowest BCUT2D eigenvalue weighted by atomic mass is 9.73. The molecule has 1 N–H and O–H groups in total. The van der Waals surface area contributed by atoms with Crippen molar-refractivity contribution in [2.45, 2.75) is 39.7 Å². The quantitative estimate of drug-likeness (QED) is 0.666. The number of ketones is 1. The van der Waals surface area contributed by atoms with Gasteiger partial charge in [-0.25, -0.2) is 4.68 Å². The molecule has 1 aromatic heterocycles. The number of fused-ring (bicyclic) bond motifs is 3. The first-order chi connectivity index (χ1) is 12.9. The van der Waals surface area contributed by atoms with Crippen LogP contribution >= 0.6 is 0 Å². The van der Waals surface area contributed by atoms with E-state index in [0.717, 1.165) is 40.0 Å². The van der Waals surface area contributed by atoms with Gasteiger partial charge in [-0.3, -0.25) is 4.79 Å². The Labute approximate surface area is 158 Å². The summed E-state index contributed by atoms with van der Waals surface area (Å²) in [5, 5.41) is 9.54. The fourth-order valence-corrected chi connectivity index (χ4v) is 4.45. The molecular weight excluding hydrogens is 334 g/mol. The monoisotopic (exact) mass is 357 g/mol. The molecule has 1 aliphatic heterocycles. The van der Waals surface area contributed by atoms with Crippen LogP contribution in [0, 0.1) is 12.3 Å². The first-order valence-corrected chi connectivity index (χ1v) is 9.50. The lowest BCUT2D eigenvalue weighted by Gasteiger charge is -2.39. The van der Waals surface area contributed by atoms with E-state index in [1.807, 2.05) is 22.9 Å². The summed E-state index contributed by atoms with van der Waals surface area (Å²) in [6.45, 7) is 6.42. The van der Waals surface area contributed by atoms with Crippen LogP contribution in [-0.4, -0.2) is 15.6 Å². The van der Waals surface area contributed by atoms with E-state index in [2.05, 4.69) is 56.4 Å². The number of aromatic nitrogens is 2. The van der Waals surface area contributed by atoms with E-state index in [1.54, 1.807) is 0 Å². The zero-order valence-corrected chi connectivity index (χ0v) is 15.9. The molecule has 2 aromatic carbocycles. The standard InChI is InChI=1S/C23H23N3O/c1-14-8-10-15(11-9-14)21-20-18(12-23(2,3)13-19(20)27)24-22-16-6-4-5-7-17(16)25-26(21)22/h4-11,21,24H,12-13H2,1-3H3. The number of hydrogen-bond acceptors (Lipinski definition) is 3. The van der Waals surface area contributed by atoms with Crippen LogP contribution in [0.1, 0.15) is 43.9 Å². The molecule has 0 amide bonds. The second-order valence-electron chi connectivity index (χ2n) is 8.58. The van der Waals surface area contributed by atoms with E-state index in [-0.39, 0.29) is 17.2 Å². The topological polar surface area (TPSA) is 46.9 Å². The van der Waals surface area contributed by atoms with Crippen molar-refractivity contribution in [3.8, 4) is 0 Å². The van der Waals surface area contributed by atoms with Crippen LogP contribution in [-0.2, 0) is 4.79 Å². The van der Waals surface area contributed by atoms with E-state index < -0.39 is 0 Å². The number of benzene rings is 2. The third kappa shape index (κ3) is 2.51. The smallest absolute Gasteiger partial charge is 0.163 e. The number of carbonyl (C=O) groups is 1. The zero-order chi connectivity index (χ0) is 18.8. The van der Waals surface area contributed by atoms with Crippen LogP contribution in [0.3, 0.4) is 0 Å². The Kier molecular flexibility index (Phi) is 3.36. The van der Waals surface area contributed by atoms with Gasteiger partial charge in [-0.05, 0) is 36.5 Å². The number of Topliss-reactive ketones (excluding diaryl/α,β-unsaturated/α-hetero) is 1. The number of aryl methyl sites for hydroxylation is 1. The van der Waals surface area contributed by atoms with Gasteiger partial charge in [-0.2, -0.15) is 5.10 Å². The van der Waals surface area contributed by atoms with Crippen molar-refractivity contribution in [2.75, 3.05) is 5.32 Å². The molecule has 3 aromatic rings. The van der Waals surface area contributed by atoms with Gasteiger partial charge in [-0.1, -0.05) is 55.8 Å². The predicted octanol–water partition coefficient (Wildman–Crippen LogP) is 5.00. The van der Waals surface area contributed by atoms with Gasteiger partial charge in [0.05, 0.1) is 5.52 Å². The van der Waals surface area contributed by atoms with Crippen molar-refractivity contribution >= 4 is 22.5 Å². The number of carbonyl (C=O) groups excluding carboxylic acids is 1. The van der Waals surface area contributed by atoms with Crippen molar-refractivity contribution in [1.82, 2.24) is 9.78 Å². The number of nitrogens with one attached hydrogen (secondary N) is 1. The molecule has 2 aliphatic rings. The third-order valence-corrected chi connectivity index (χ3v) is 5.70. The average molecular weight is 357 g/mol. The van der Waals surface area contributed by atoms with Crippen LogP contribution in [0.5, 0.6) is 0 Å². The van der Waals surface area contributed by atoms with Crippen molar-refractivity contribution in [1.29, 1.82) is 0 Å². The minimum Gasteiger partial charge on any atom is -0.343 e. The van der Waals surface area contributed by atoms with E-state index in [0.29, 0.717) is 6.42 Å². The average Bonchev–Trinajstić information content (AvgIpc) is 2.98. The number of hydrogen-bond donors (Lipinski definition) is 1. The summed E-state index contributed by atoms with van der Waals surface area (Å²) in [5.74, 6) is 1.21. The minimum absolute atomic E-state index is 0.0290. The summed E-state index contributed by atoms with van der Waals surface area (Å²) in [6.07, 6.45) is 1.45. The second kappa shape index (κ2) is 5.56. The molecule has 27 heavy (non-hydrogen) atoms. The van der Waals surface area contributed by atoms with Crippen molar-refractivity contribution in [3.63, 3.8) is 0 Å². The summed E-state index contributed by atoms with van der Waals surface area (Å²) < 4.78 is 2.00. The maximum atomic E-state index is 13.2. The van der Waals surface area contributed by atoms with Gasteiger partial charge in [0.1, 0.15) is 11.9 Å². The first kappa shape index (κ1) is 16.3. The number of nitrogens with zero attached hydrogens (tertiary/aromatic N) is 2. The Morgan fingerprint density at radius 2 is 1.81 bits per heavy atom. The summed E-state index contributed by atoms with van der Waals surface area (Å²) in [5.41, 5.74) is 5.17. The molecule has 0 saturated heterocycles. The lowest BCUT2D eigenvalue weighted by molar-refractivity contribution is -0.118. The largest absolute Gasteiger partial charge is 0.343 e. The van der Waals surface area contributed by atoms with Crippen LogP contribution in [0.4, 0.5) is 5.82 Å². The van der Waals surface area contributed by atoms with Crippen LogP contribution in [0.15, 0.2) is 59.8 Å². The van der Waals surface area contributed by atoms with Crippen molar-refractivity contribution < 1.29 is 4.79 Å². The van der Waals surface area contributed by atoms with Crippen molar-refractivity contribution in [2.24, 2.45) is 5.41 Å². The van der Waals surface area contributed by atoms with Gasteiger partial charge >= 0.3 is 0 Å². The van der Waals surface area contributed by atoms with Gasteiger partial charge in [0.25, 0.3) is 0 Å². The minimum atomic E-state index is -0.173. The predicted molar refractivity (Wildman–Crippen MR) is 108 cm³/mol. The third-order valence-electron chi connectivity index (χ3n) is 5.70. The Morgan fingerprint density at radius 1 is 1.07 bits per heavy atom.